The van der Waals surface area contributed by atoms with Gasteiger partial charge in [0.05, 0.1) is 23.8 Å². The van der Waals surface area contributed by atoms with Gasteiger partial charge in [-0.1, -0.05) is 6.07 Å². The smallest absolute Gasteiger partial charge is 0.412 e. The number of nitrogens with one attached hydrogen (secondary N) is 2. The predicted molar refractivity (Wildman–Crippen MR) is 81.6 cm³/mol. The largest absolute Gasteiger partial charge is 0.444 e. The fourth-order valence-corrected chi connectivity index (χ4v) is 1.58. The van der Waals surface area contributed by atoms with E-state index in [1.807, 2.05) is 39.0 Å². The first-order valence-corrected chi connectivity index (χ1v) is 6.55. The molecule has 1 amide bonds. The molecule has 0 aliphatic rings. The molecule has 0 aliphatic heterocycles. The number of aromatic nitrogens is 2. The van der Waals surface area contributed by atoms with Crippen molar-refractivity contribution in [1.82, 2.24) is 9.97 Å². The second-order valence-electron chi connectivity index (χ2n) is 5.43. The second-order valence-corrected chi connectivity index (χ2v) is 5.43. The highest BCUT2D eigenvalue weighted by molar-refractivity contribution is 5.85. The van der Waals surface area contributed by atoms with Crippen LogP contribution in [0.25, 0.3) is 0 Å². The Hall–Kier alpha value is -2.63. The van der Waals surface area contributed by atoms with Gasteiger partial charge in [0.1, 0.15) is 11.4 Å². The van der Waals surface area contributed by atoms with Crippen molar-refractivity contribution < 1.29 is 9.53 Å². The molecule has 0 spiro atoms. The number of carbonyl (C=O) groups excluding carboxylic acids is 1. The van der Waals surface area contributed by atoms with Crippen molar-refractivity contribution in [3.8, 4) is 0 Å². The summed E-state index contributed by atoms with van der Waals surface area (Å²) in [7, 11) is 0. The minimum absolute atomic E-state index is 0.515. The van der Waals surface area contributed by atoms with Crippen LogP contribution in [-0.2, 0) is 4.74 Å². The van der Waals surface area contributed by atoms with Crippen LogP contribution in [-0.4, -0.2) is 21.7 Å². The lowest BCUT2D eigenvalue weighted by molar-refractivity contribution is 0.0636. The van der Waals surface area contributed by atoms with Crippen molar-refractivity contribution in [1.29, 1.82) is 0 Å². The Labute approximate surface area is 123 Å². The fraction of sp³-hybridized carbons (Fsp3) is 0.267. The highest BCUT2D eigenvalue weighted by Crippen LogP contribution is 2.18. The second kappa shape index (κ2) is 6.21. The lowest BCUT2D eigenvalue weighted by atomic mass is 10.2. The zero-order valence-electron chi connectivity index (χ0n) is 12.3. The molecule has 0 radical (unpaired) electrons. The zero-order valence-corrected chi connectivity index (χ0v) is 12.3. The summed E-state index contributed by atoms with van der Waals surface area (Å²) in [5.74, 6) is 0.703. The third-order valence-electron chi connectivity index (χ3n) is 2.32. The number of rotatable bonds is 3. The van der Waals surface area contributed by atoms with E-state index >= 15 is 0 Å². The number of anilines is 3. The predicted octanol–water partition coefficient (Wildman–Crippen LogP) is 3.57. The topological polar surface area (TPSA) is 76.1 Å². The molecule has 0 saturated heterocycles. The van der Waals surface area contributed by atoms with Crippen LogP contribution in [0.5, 0.6) is 0 Å². The molecule has 2 N–H and O–H groups in total. The van der Waals surface area contributed by atoms with Crippen LogP contribution in [0, 0.1) is 0 Å². The van der Waals surface area contributed by atoms with Crippen molar-refractivity contribution in [2.75, 3.05) is 10.6 Å². The van der Waals surface area contributed by atoms with Gasteiger partial charge in [-0.05, 0) is 39.0 Å². The molecule has 0 atom stereocenters. The van der Waals surface area contributed by atoms with Gasteiger partial charge < -0.3 is 10.1 Å². The third kappa shape index (κ3) is 5.10. The van der Waals surface area contributed by atoms with Crippen molar-refractivity contribution in [3.05, 3.63) is 42.9 Å². The molecule has 2 aromatic rings. The van der Waals surface area contributed by atoms with E-state index in [0.717, 1.165) is 5.69 Å². The standard InChI is InChI=1S/C15H18N4O2/c1-15(2,3)21-14(20)19-12-8-11(9-16-10-12)18-13-6-4-5-7-17-13/h4-10H,1-3H3,(H,17,18)(H,19,20). The highest BCUT2D eigenvalue weighted by atomic mass is 16.6. The molecular weight excluding hydrogens is 268 g/mol. The van der Waals surface area contributed by atoms with Crippen LogP contribution >= 0.6 is 0 Å². The van der Waals surface area contributed by atoms with Gasteiger partial charge in [-0.2, -0.15) is 0 Å². The third-order valence-corrected chi connectivity index (χ3v) is 2.32. The van der Waals surface area contributed by atoms with Crippen molar-refractivity contribution in [2.24, 2.45) is 0 Å². The van der Waals surface area contributed by atoms with Crippen LogP contribution < -0.4 is 10.6 Å². The quantitative estimate of drug-likeness (QED) is 0.902. The molecule has 2 aromatic heterocycles. The summed E-state index contributed by atoms with van der Waals surface area (Å²) >= 11 is 0. The number of carbonyl (C=O) groups is 1. The number of ether oxygens (including phenoxy) is 1. The van der Waals surface area contributed by atoms with Gasteiger partial charge in [-0.15, -0.1) is 0 Å². The average molecular weight is 286 g/mol. The minimum atomic E-state index is -0.540. The molecule has 110 valence electrons. The molecule has 0 bridgehead atoms. The van der Waals surface area contributed by atoms with E-state index in [-0.39, 0.29) is 0 Å². The Kier molecular flexibility index (Phi) is 4.37. The first-order valence-electron chi connectivity index (χ1n) is 6.55. The Balaban J connectivity index is 2.03. The summed E-state index contributed by atoms with van der Waals surface area (Å²) in [5, 5.41) is 5.74. The Morgan fingerprint density at radius 2 is 1.95 bits per heavy atom. The van der Waals surface area contributed by atoms with E-state index < -0.39 is 11.7 Å². The molecule has 6 heteroatoms. The van der Waals surface area contributed by atoms with E-state index in [4.69, 9.17) is 4.74 Å². The van der Waals surface area contributed by atoms with Gasteiger partial charge in [0.2, 0.25) is 0 Å². The minimum Gasteiger partial charge on any atom is -0.444 e. The van der Waals surface area contributed by atoms with Crippen LogP contribution in [0.3, 0.4) is 0 Å². The van der Waals surface area contributed by atoms with Crippen LogP contribution in [0.2, 0.25) is 0 Å². The Morgan fingerprint density at radius 3 is 2.62 bits per heavy atom. The SMILES string of the molecule is CC(C)(C)OC(=O)Nc1cncc(Nc2ccccn2)c1. The molecule has 0 aliphatic carbocycles. The van der Waals surface area contributed by atoms with E-state index in [9.17, 15) is 4.79 Å². The summed E-state index contributed by atoms with van der Waals surface area (Å²) in [6.07, 6.45) is 4.38. The summed E-state index contributed by atoms with van der Waals surface area (Å²) in [6, 6.07) is 7.31. The number of nitrogens with zero attached hydrogens (tertiary/aromatic N) is 2. The molecule has 0 fully saturated rings. The van der Waals surface area contributed by atoms with E-state index in [1.165, 1.54) is 0 Å². The van der Waals surface area contributed by atoms with Gasteiger partial charge in [-0.25, -0.2) is 9.78 Å². The molecule has 0 unspecified atom stereocenters. The molecule has 0 aromatic carbocycles. The molecule has 21 heavy (non-hydrogen) atoms. The van der Waals surface area contributed by atoms with Gasteiger partial charge in [-0.3, -0.25) is 10.3 Å². The lowest BCUT2D eigenvalue weighted by Gasteiger charge is -2.19. The maximum Gasteiger partial charge on any atom is 0.412 e. The van der Waals surface area contributed by atoms with Crippen LogP contribution in [0.4, 0.5) is 22.0 Å². The maximum absolute atomic E-state index is 11.7. The Morgan fingerprint density at radius 1 is 1.19 bits per heavy atom. The summed E-state index contributed by atoms with van der Waals surface area (Å²) in [6.45, 7) is 5.43. The number of amides is 1. The molecule has 0 saturated carbocycles. The number of hydrogen-bond acceptors (Lipinski definition) is 5. The van der Waals surface area contributed by atoms with Crippen molar-refractivity contribution in [2.45, 2.75) is 26.4 Å². The maximum atomic E-state index is 11.7. The van der Waals surface area contributed by atoms with E-state index in [1.54, 1.807) is 24.7 Å². The zero-order chi connectivity index (χ0) is 15.3. The van der Waals surface area contributed by atoms with Gasteiger partial charge in [0, 0.05) is 6.20 Å². The van der Waals surface area contributed by atoms with Gasteiger partial charge in [0.25, 0.3) is 0 Å². The molecule has 6 nitrogen and oxygen atoms in total. The summed E-state index contributed by atoms with van der Waals surface area (Å²) < 4.78 is 5.19. The molecular formula is C15H18N4O2. The van der Waals surface area contributed by atoms with E-state index in [0.29, 0.717) is 11.5 Å². The fourth-order valence-electron chi connectivity index (χ4n) is 1.58. The monoisotopic (exact) mass is 286 g/mol. The van der Waals surface area contributed by atoms with Gasteiger partial charge >= 0.3 is 6.09 Å². The van der Waals surface area contributed by atoms with Crippen LogP contribution in [0.1, 0.15) is 20.8 Å². The number of hydrogen-bond donors (Lipinski definition) is 2. The lowest BCUT2D eigenvalue weighted by Crippen LogP contribution is -2.27. The van der Waals surface area contributed by atoms with Gasteiger partial charge in [0.15, 0.2) is 0 Å². The van der Waals surface area contributed by atoms with Crippen molar-refractivity contribution in [3.63, 3.8) is 0 Å². The normalized spacial score (nSPS) is 10.8. The van der Waals surface area contributed by atoms with E-state index in [2.05, 4.69) is 20.6 Å². The molecule has 2 rings (SSSR count). The molecule has 2 heterocycles. The van der Waals surface area contributed by atoms with Crippen LogP contribution in [0.15, 0.2) is 42.9 Å². The Bertz CT molecular complexity index is 609. The first-order chi connectivity index (χ1) is 9.92. The summed E-state index contributed by atoms with van der Waals surface area (Å²) in [4.78, 5) is 19.9. The average Bonchev–Trinajstić information content (AvgIpc) is 2.38. The first kappa shape index (κ1) is 14.8. The van der Waals surface area contributed by atoms with Crippen molar-refractivity contribution >= 4 is 23.3 Å². The number of pyridine rings is 2. The highest BCUT2D eigenvalue weighted by Gasteiger charge is 2.16. The summed E-state index contributed by atoms with van der Waals surface area (Å²) in [5.41, 5.74) is 0.730.